The number of hydrogen-bond donors (Lipinski definition) is 3. The molecule has 2 aromatic heterocycles. The Labute approximate surface area is 164 Å². The van der Waals surface area contributed by atoms with Crippen LogP contribution >= 0.6 is 0 Å². The van der Waals surface area contributed by atoms with Gasteiger partial charge < -0.3 is 15.1 Å². The molecule has 0 spiro atoms. The lowest BCUT2D eigenvalue weighted by atomic mass is 10.2. The molecule has 1 aromatic carbocycles. The second-order valence-electron chi connectivity index (χ2n) is 5.61. The van der Waals surface area contributed by atoms with Gasteiger partial charge in [-0.1, -0.05) is 18.2 Å². The molecule has 0 bridgehead atoms. The SMILES string of the molecule is O=C(On1c(O)ccc1O)c1ccc(N=NCc2ccccc2S(=O)(=O)O)nc1. The van der Waals surface area contributed by atoms with Crippen molar-refractivity contribution >= 4 is 21.9 Å². The first-order valence-corrected chi connectivity index (χ1v) is 9.41. The van der Waals surface area contributed by atoms with E-state index in [1.54, 1.807) is 6.07 Å². The highest BCUT2D eigenvalue weighted by molar-refractivity contribution is 7.85. The lowest BCUT2D eigenvalue weighted by Gasteiger charge is -2.06. The Balaban J connectivity index is 1.68. The molecular formula is C17H14N4O7S. The minimum Gasteiger partial charge on any atom is -0.492 e. The molecule has 0 saturated carbocycles. The number of nitrogens with zero attached hydrogens (tertiary/aromatic N) is 4. The minimum atomic E-state index is -4.38. The molecule has 0 aliphatic rings. The molecule has 3 rings (SSSR count). The number of benzene rings is 1. The molecule has 0 amide bonds. The Bertz CT molecular complexity index is 1150. The molecule has 0 unspecified atom stereocenters. The molecule has 29 heavy (non-hydrogen) atoms. The van der Waals surface area contributed by atoms with Crippen LogP contribution in [0.15, 0.2) is 69.9 Å². The zero-order valence-corrected chi connectivity index (χ0v) is 15.4. The maximum absolute atomic E-state index is 12.0. The number of aromatic hydroxyl groups is 2. The van der Waals surface area contributed by atoms with Crippen molar-refractivity contribution in [2.24, 2.45) is 10.2 Å². The number of carbonyl (C=O) groups excluding carboxylic acids is 1. The highest BCUT2D eigenvalue weighted by Crippen LogP contribution is 2.20. The van der Waals surface area contributed by atoms with Crippen LogP contribution in [0, 0.1) is 0 Å². The number of carbonyl (C=O) groups is 1. The predicted octanol–water partition coefficient (Wildman–Crippen LogP) is 2.09. The van der Waals surface area contributed by atoms with Gasteiger partial charge in [-0.25, -0.2) is 9.78 Å². The van der Waals surface area contributed by atoms with Crippen molar-refractivity contribution in [3.63, 3.8) is 0 Å². The van der Waals surface area contributed by atoms with Crippen LogP contribution < -0.4 is 4.84 Å². The summed E-state index contributed by atoms with van der Waals surface area (Å²) in [5.74, 6) is -1.67. The molecule has 3 N–H and O–H groups in total. The fourth-order valence-corrected chi connectivity index (χ4v) is 2.98. The van der Waals surface area contributed by atoms with Gasteiger partial charge in [0.25, 0.3) is 10.1 Å². The molecule has 0 aliphatic carbocycles. The third-order valence-corrected chi connectivity index (χ3v) is 4.57. The van der Waals surface area contributed by atoms with Crippen LogP contribution in [0.5, 0.6) is 11.8 Å². The lowest BCUT2D eigenvalue weighted by molar-refractivity contribution is 0.0381. The number of pyridine rings is 1. The normalized spacial score (nSPS) is 11.6. The quantitative estimate of drug-likeness (QED) is 0.404. The van der Waals surface area contributed by atoms with Crippen LogP contribution in [-0.2, 0) is 16.7 Å². The van der Waals surface area contributed by atoms with Crippen molar-refractivity contribution in [3.05, 3.63) is 65.9 Å². The number of azo groups is 1. The summed E-state index contributed by atoms with van der Waals surface area (Å²) in [5.41, 5.74) is 0.276. The van der Waals surface area contributed by atoms with E-state index in [9.17, 15) is 28.0 Å². The van der Waals surface area contributed by atoms with Gasteiger partial charge in [-0.15, -0.1) is 9.84 Å². The third kappa shape index (κ3) is 4.75. The first-order chi connectivity index (χ1) is 13.8. The Morgan fingerprint density at radius 3 is 2.38 bits per heavy atom. The van der Waals surface area contributed by atoms with Crippen molar-refractivity contribution in [1.29, 1.82) is 0 Å². The number of rotatable bonds is 6. The summed E-state index contributed by atoms with van der Waals surface area (Å²) in [6.07, 6.45) is 1.15. The van der Waals surface area contributed by atoms with E-state index in [1.165, 1.54) is 30.3 Å². The first kappa shape index (κ1) is 20.0. The van der Waals surface area contributed by atoms with Crippen LogP contribution in [0.25, 0.3) is 0 Å². The Morgan fingerprint density at radius 1 is 1.07 bits per heavy atom. The lowest BCUT2D eigenvalue weighted by Crippen LogP contribution is -2.19. The van der Waals surface area contributed by atoms with E-state index in [1.807, 2.05) is 0 Å². The molecular weight excluding hydrogens is 404 g/mol. The average Bonchev–Trinajstić information content (AvgIpc) is 3.00. The highest BCUT2D eigenvalue weighted by atomic mass is 32.2. The molecule has 0 atom stereocenters. The standard InChI is InChI=1S/C17H14N4O7S/c22-15-7-8-16(23)21(15)28-17(24)12-5-6-14(18-9-12)20-19-10-11-3-1-2-4-13(11)29(25,26)27/h1-9,22-23H,10H2,(H,25,26,27). The van der Waals surface area contributed by atoms with Crippen molar-refractivity contribution < 1.29 is 32.8 Å². The number of hydrogen-bond acceptors (Lipinski definition) is 9. The second-order valence-corrected chi connectivity index (χ2v) is 7.00. The van der Waals surface area contributed by atoms with Crippen LogP contribution in [0.3, 0.4) is 0 Å². The van der Waals surface area contributed by atoms with E-state index in [4.69, 9.17) is 4.84 Å². The fourth-order valence-electron chi connectivity index (χ4n) is 2.27. The summed E-state index contributed by atoms with van der Waals surface area (Å²) >= 11 is 0. The molecule has 0 aliphatic heterocycles. The van der Waals surface area contributed by atoms with Gasteiger partial charge in [-0.05, 0) is 23.8 Å². The van der Waals surface area contributed by atoms with Gasteiger partial charge in [-0.2, -0.15) is 13.5 Å². The Hall–Kier alpha value is -3.77. The molecule has 3 aromatic rings. The molecule has 0 radical (unpaired) electrons. The highest BCUT2D eigenvalue weighted by Gasteiger charge is 2.15. The maximum atomic E-state index is 12.0. The van der Waals surface area contributed by atoms with E-state index in [-0.39, 0.29) is 28.4 Å². The monoisotopic (exact) mass is 418 g/mol. The Kier molecular flexibility index (Phi) is 5.57. The zero-order chi connectivity index (χ0) is 21.0. The maximum Gasteiger partial charge on any atom is 0.365 e. The van der Waals surface area contributed by atoms with Crippen molar-refractivity contribution in [1.82, 2.24) is 9.71 Å². The summed E-state index contributed by atoms with van der Waals surface area (Å²) in [6.45, 7) is -0.117. The van der Waals surface area contributed by atoms with Gasteiger partial charge in [0.15, 0.2) is 5.82 Å². The van der Waals surface area contributed by atoms with Gasteiger partial charge in [0.05, 0.1) is 17.0 Å². The van der Waals surface area contributed by atoms with Crippen molar-refractivity contribution in [2.75, 3.05) is 0 Å². The second kappa shape index (κ2) is 8.08. The molecule has 2 heterocycles. The van der Waals surface area contributed by atoms with Crippen LogP contribution in [0.1, 0.15) is 15.9 Å². The minimum absolute atomic E-state index is 0.0215. The zero-order valence-electron chi connectivity index (χ0n) is 14.6. The molecule has 11 nitrogen and oxygen atoms in total. The predicted molar refractivity (Wildman–Crippen MR) is 97.4 cm³/mol. The third-order valence-electron chi connectivity index (χ3n) is 3.62. The molecule has 0 fully saturated rings. The molecule has 150 valence electrons. The van der Waals surface area contributed by atoms with Crippen LogP contribution in [0.4, 0.5) is 5.82 Å². The fraction of sp³-hybridized carbons (Fsp3) is 0.0588. The summed E-state index contributed by atoms with van der Waals surface area (Å²) in [5, 5.41) is 26.6. The van der Waals surface area contributed by atoms with E-state index < -0.39 is 27.8 Å². The van der Waals surface area contributed by atoms with Gasteiger partial charge in [0.1, 0.15) is 0 Å². The van der Waals surface area contributed by atoms with E-state index in [2.05, 4.69) is 15.2 Å². The average molecular weight is 418 g/mol. The van der Waals surface area contributed by atoms with E-state index in [0.717, 1.165) is 18.3 Å². The topological polar surface area (TPSA) is 164 Å². The molecule has 12 heteroatoms. The molecule has 0 saturated heterocycles. The van der Waals surface area contributed by atoms with Crippen LogP contribution in [0.2, 0.25) is 0 Å². The Morgan fingerprint density at radius 2 is 1.76 bits per heavy atom. The van der Waals surface area contributed by atoms with Crippen molar-refractivity contribution in [3.8, 4) is 11.8 Å². The van der Waals surface area contributed by atoms with Gasteiger partial charge >= 0.3 is 5.97 Å². The summed E-state index contributed by atoms with van der Waals surface area (Å²) in [6, 6.07) is 10.8. The number of aromatic nitrogens is 2. The first-order valence-electron chi connectivity index (χ1n) is 7.97. The van der Waals surface area contributed by atoms with Gasteiger partial charge in [-0.3, -0.25) is 4.55 Å². The van der Waals surface area contributed by atoms with E-state index >= 15 is 0 Å². The van der Waals surface area contributed by atoms with Gasteiger partial charge in [0, 0.05) is 18.3 Å². The van der Waals surface area contributed by atoms with E-state index in [0.29, 0.717) is 4.73 Å². The largest absolute Gasteiger partial charge is 0.492 e. The van der Waals surface area contributed by atoms with Crippen molar-refractivity contribution in [2.45, 2.75) is 11.4 Å². The summed E-state index contributed by atoms with van der Waals surface area (Å²) in [4.78, 5) is 20.5. The summed E-state index contributed by atoms with van der Waals surface area (Å²) in [7, 11) is -4.38. The van der Waals surface area contributed by atoms with Gasteiger partial charge in [0.2, 0.25) is 11.8 Å². The van der Waals surface area contributed by atoms with Crippen LogP contribution in [-0.4, -0.2) is 38.9 Å². The summed E-state index contributed by atoms with van der Waals surface area (Å²) < 4.78 is 32.4. The smallest absolute Gasteiger partial charge is 0.365 e.